The van der Waals surface area contributed by atoms with E-state index in [1.807, 2.05) is 0 Å². The fourth-order valence-electron chi connectivity index (χ4n) is 2.29. The van der Waals surface area contributed by atoms with Gasteiger partial charge in [-0.05, 0) is 11.8 Å². The van der Waals surface area contributed by atoms with Crippen molar-refractivity contribution in [1.82, 2.24) is 9.88 Å². The van der Waals surface area contributed by atoms with Crippen molar-refractivity contribution in [3.8, 4) is 0 Å². The largest absolute Gasteiger partial charge is 0.367 e. The minimum atomic E-state index is -0.227. The Morgan fingerprint density at radius 3 is 2.63 bits per heavy atom. The molecule has 0 aromatic carbocycles. The van der Waals surface area contributed by atoms with Crippen LogP contribution in [0.5, 0.6) is 0 Å². The first kappa shape index (κ1) is 13.6. The zero-order valence-corrected chi connectivity index (χ0v) is 11.7. The van der Waals surface area contributed by atoms with Crippen LogP contribution in [-0.2, 0) is 0 Å². The molecule has 2 rings (SSSR count). The number of H-pyrrole nitrogens is 1. The van der Waals surface area contributed by atoms with Gasteiger partial charge in [0.2, 0.25) is 0 Å². The van der Waals surface area contributed by atoms with E-state index < -0.39 is 0 Å². The van der Waals surface area contributed by atoms with Crippen molar-refractivity contribution >= 4 is 5.91 Å². The molecule has 1 aromatic heterocycles. The molecule has 0 atom stereocenters. The number of nitrogens with zero attached hydrogens (tertiary/aromatic N) is 1. The van der Waals surface area contributed by atoms with Crippen LogP contribution in [-0.4, -0.2) is 28.9 Å². The zero-order valence-electron chi connectivity index (χ0n) is 11.7. The van der Waals surface area contributed by atoms with Gasteiger partial charge < -0.3 is 9.88 Å². The summed E-state index contributed by atoms with van der Waals surface area (Å²) in [6.07, 6.45) is 6.00. The van der Waals surface area contributed by atoms with Gasteiger partial charge in [-0.25, -0.2) is 0 Å². The lowest BCUT2D eigenvalue weighted by atomic mass is 9.83. The number of pyridine rings is 1. The number of rotatable bonds is 1. The lowest BCUT2D eigenvalue weighted by molar-refractivity contribution is 0.0763. The molecule has 0 saturated heterocycles. The second kappa shape index (κ2) is 5.03. The molecule has 1 N–H and O–H groups in total. The molecule has 0 saturated carbocycles. The third-order valence-corrected chi connectivity index (χ3v) is 3.51. The van der Waals surface area contributed by atoms with E-state index in [0.29, 0.717) is 13.1 Å². The van der Waals surface area contributed by atoms with Crippen molar-refractivity contribution in [2.75, 3.05) is 13.1 Å². The molecule has 0 bridgehead atoms. The summed E-state index contributed by atoms with van der Waals surface area (Å²) in [6, 6.07) is 1.38. The summed E-state index contributed by atoms with van der Waals surface area (Å²) in [6.45, 7) is 7.80. The number of carbonyl (C=O) groups is 1. The third kappa shape index (κ3) is 2.95. The summed E-state index contributed by atoms with van der Waals surface area (Å²) in [5.41, 5.74) is 1.52. The minimum Gasteiger partial charge on any atom is -0.367 e. The number of nitrogens with one attached hydrogen (secondary N) is 1. The molecular formula is C15H20N2O2. The van der Waals surface area contributed by atoms with Gasteiger partial charge in [-0.15, -0.1) is 0 Å². The first-order valence-corrected chi connectivity index (χ1v) is 6.55. The monoisotopic (exact) mass is 260 g/mol. The SMILES string of the molecule is CC(C)(C)C1=CCN(C(=O)c2c[nH]ccc2=O)CC1. The van der Waals surface area contributed by atoms with Gasteiger partial charge in [-0.3, -0.25) is 9.59 Å². The molecule has 1 aromatic rings. The number of aromatic nitrogens is 1. The topological polar surface area (TPSA) is 53.2 Å². The van der Waals surface area contributed by atoms with E-state index in [-0.39, 0.29) is 22.3 Å². The lowest BCUT2D eigenvalue weighted by Gasteiger charge is -2.32. The lowest BCUT2D eigenvalue weighted by Crippen LogP contribution is -2.38. The van der Waals surface area contributed by atoms with E-state index in [0.717, 1.165) is 6.42 Å². The zero-order chi connectivity index (χ0) is 14.0. The smallest absolute Gasteiger partial charge is 0.259 e. The van der Waals surface area contributed by atoms with E-state index in [4.69, 9.17) is 0 Å². The fourth-order valence-corrected chi connectivity index (χ4v) is 2.29. The molecule has 2 heterocycles. The Morgan fingerprint density at radius 1 is 1.37 bits per heavy atom. The van der Waals surface area contributed by atoms with Crippen LogP contribution in [0.2, 0.25) is 0 Å². The Morgan fingerprint density at radius 2 is 2.11 bits per heavy atom. The Hall–Kier alpha value is -1.84. The van der Waals surface area contributed by atoms with Crippen molar-refractivity contribution < 1.29 is 4.79 Å². The maximum Gasteiger partial charge on any atom is 0.259 e. The summed E-state index contributed by atoms with van der Waals surface area (Å²) in [7, 11) is 0. The first-order valence-electron chi connectivity index (χ1n) is 6.55. The highest BCUT2D eigenvalue weighted by atomic mass is 16.2. The normalized spacial score (nSPS) is 16.2. The molecule has 0 radical (unpaired) electrons. The van der Waals surface area contributed by atoms with Gasteiger partial charge in [0.25, 0.3) is 5.91 Å². The first-order chi connectivity index (χ1) is 8.89. The molecule has 0 aliphatic carbocycles. The van der Waals surface area contributed by atoms with Crippen LogP contribution in [0.4, 0.5) is 0 Å². The van der Waals surface area contributed by atoms with Crippen LogP contribution in [0.25, 0.3) is 0 Å². The van der Waals surface area contributed by atoms with Crippen LogP contribution in [0, 0.1) is 5.41 Å². The van der Waals surface area contributed by atoms with Gasteiger partial charge in [0, 0.05) is 31.5 Å². The Bertz CT molecular complexity index is 564. The maximum absolute atomic E-state index is 12.3. The quantitative estimate of drug-likeness (QED) is 0.787. The summed E-state index contributed by atoms with van der Waals surface area (Å²) in [5.74, 6) is -0.189. The molecule has 19 heavy (non-hydrogen) atoms. The standard InChI is InChI=1S/C15H20N2O2/c1-15(2,3)11-5-8-17(9-6-11)14(19)12-10-16-7-4-13(12)18/h4-5,7,10H,6,8-9H2,1-3H3,(H,16,18). The molecule has 1 amide bonds. The van der Waals surface area contributed by atoms with Gasteiger partial charge in [0.05, 0.1) is 0 Å². The average molecular weight is 260 g/mol. The Kier molecular flexibility index (Phi) is 3.60. The molecular weight excluding hydrogens is 240 g/mol. The van der Waals surface area contributed by atoms with Crippen LogP contribution in [0.1, 0.15) is 37.6 Å². The van der Waals surface area contributed by atoms with Crippen LogP contribution in [0.3, 0.4) is 0 Å². The highest BCUT2D eigenvalue weighted by Gasteiger charge is 2.25. The van der Waals surface area contributed by atoms with Gasteiger partial charge in [-0.2, -0.15) is 0 Å². The molecule has 4 heteroatoms. The Balaban J connectivity index is 2.15. The van der Waals surface area contributed by atoms with E-state index in [1.165, 1.54) is 24.0 Å². The highest BCUT2D eigenvalue weighted by molar-refractivity contribution is 5.94. The predicted octanol–water partition coefficient (Wildman–Crippen LogP) is 2.19. The second-order valence-corrected chi connectivity index (χ2v) is 5.90. The van der Waals surface area contributed by atoms with Crippen molar-refractivity contribution in [3.05, 3.63) is 45.9 Å². The number of carbonyl (C=O) groups excluding carboxylic acids is 1. The number of hydrogen-bond acceptors (Lipinski definition) is 2. The second-order valence-electron chi connectivity index (χ2n) is 5.90. The Labute approximate surface area is 113 Å². The van der Waals surface area contributed by atoms with Gasteiger partial charge in [-0.1, -0.05) is 32.4 Å². The molecule has 0 spiro atoms. The van der Waals surface area contributed by atoms with Gasteiger partial charge in [0.1, 0.15) is 5.56 Å². The van der Waals surface area contributed by atoms with Crippen molar-refractivity contribution in [1.29, 1.82) is 0 Å². The fraction of sp³-hybridized carbons (Fsp3) is 0.467. The maximum atomic E-state index is 12.3. The van der Waals surface area contributed by atoms with E-state index in [1.54, 1.807) is 4.90 Å². The molecule has 0 fully saturated rings. The van der Waals surface area contributed by atoms with Crippen LogP contribution < -0.4 is 5.43 Å². The molecule has 1 aliphatic rings. The van der Waals surface area contributed by atoms with Crippen molar-refractivity contribution in [2.45, 2.75) is 27.2 Å². The van der Waals surface area contributed by atoms with Gasteiger partial charge in [0.15, 0.2) is 5.43 Å². The van der Waals surface area contributed by atoms with Crippen LogP contribution >= 0.6 is 0 Å². The summed E-state index contributed by atoms with van der Waals surface area (Å²) >= 11 is 0. The average Bonchev–Trinajstić information content (AvgIpc) is 2.38. The predicted molar refractivity (Wildman–Crippen MR) is 75.1 cm³/mol. The molecule has 1 aliphatic heterocycles. The van der Waals surface area contributed by atoms with Crippen molar-refractivity contribution in [2.24, 2.45) is 5.41 Å². The third-order valence-electron chi connectivity index (χ3n) is 3.51. The summed E-state index contributed by atoms with van der Waals surface area (Å²) in [4.78, 5) is 28.4. The number of amides is 1. The van der Waals surface area contributed by atoms with E-state index >= 15 is 0 Å². The van der Waals surface area contributed by atoms with Gasteiger partial charge >= 0.3 is 0 Å². The van der Waals surface area contributed by atoms with Crippen molar-refractivity contribution in [3.63, 3.8) is 0 Å². The number of hydrogen-bond donors (Lipinski definition) is 1. The summed E-state index contributed by atoms with van der Waals surface area (Å²) in [5, 5.41) is 0. The van der Waals surface area contributed by atoms with E-state index in [2.05, 4.69) is 31.8 Å². The number of aromatic amines is 1. The highest BCUT2D eigenvalue weighted by Crippen LogP contribution is 2.30. The van der Waals surface area contributed by atoms with Crippen LogP contribution in [0.15, 0.2) is 34.9 Å². The molecule has 4 nitrogen and oxygen atoms in total. The summed E-state index contributed by atoms with van der Waals surface area (Å²) < 4.78 is 0. The molecule has 0 unspecified atom stereocenters. The molecule has 102 valence electrons. The van der Waals surface area contributed by atoms with E-state index in [9.17, 15) is 9.59 Å². The minimum absolute atomic E-state index is 0.152.